The maximum Gasteiger partial charge on any atom is 0.294 e. The third-order valence-corrected chi connectivity index (χ3v) is 5.71. The first-order valence-electron chi connectivity index (χ1n) is 6.06. The van der Waals surface area contributed by atoms with E-state index in [1.165, 1.54) is 0 Å². The summed E-state index contributed by atoms with van der Waals surface area (Å²) in [7, 11) is 3.29. The molecule has 3 atom stereocenters. The topological polar surface area (TPSA) is 157 Å². The molecule has 0 bridgehead atoms. The van der Waals surface area contributed by atoms with Crippen molar-refractivity contribution in [3.05, 3.63) is 30.3 Å². The van der Waals surface area contributed by atoms with Gasteiger partial charge in [-0.1, -0.05) is 21.6 Å². The highest BCUT2D eigenvalue weighted by Crippen LogP contribution is 2.40. The molecule has 14 heteroatoms. The van der Waals surface area contributed by atoms with Crippen LogP contribution in [0.25, 0.3) is 0 Å². The summed E-state index contributed by atoms with van der Waals surface area (Å²) in [6.45, 7) is -0.834. The number of hydrogen-bond donors (Lipinski definition) is 0. The van der Waals surface area contributed by atoms with E-state index in [2.05, 4.69) is 14.5 Å². The minimum atomic E-state index is -1.56. The van der Waals surface area contributed by atoms with Crippen LogP contribution in [0.3, 0.4) is 0 Å². The lowest BCUT2D eigenvalue weighted by Crippen LogP contribution is -2.39. The Labute approximate surface area is 131 Å². The fourth-order valence-corrected chi connectivity index (χ4v) is 4.78. The van der Waals surface area contributed by atoms with Crippen molar-refractivity contribution in [1.29, 1.82) is 0 Å². The second-order valence-corrected chi connectivity index (χ2v) is 6.95. The number of hydrogen-bond acceptors (Lipinski definition) is 11. The second-order valence-electron chi connectivity index (χ2n) is 4.16. The predicted octanol–water partition coefficient (Wildman–Crippen LogP) is 1.28. The van der Waals surface area contributed by atoms with Crippen LogP contribution in [0.15, 0.2) is 0 Å². The van der Waals surface area contributed by atoms with Gasteiger partial charge in [0.1, 0.15) is 12.7 Å². The van der Waals surface area contributed by atoms with Gasteiger partial charge in [0, 0.05) is 11.0 Å². The molecule has 0 aromatic carbocycles. The van der Waals surface area contributed by atoms with Gasteiger partial charge in [-0.3, -0.25) is 0 Å². The van der Waals surface area contributed by atoms with Crippen LogP contribution < -0.4 is 0 Å². The SMILES string of the molecule is O=[N+]([O-])OCC(O[N+](=O)[O-])C(CCC1CCSS1)O[N+](=O)[O-]. The lowest BCUT2D eigenvalue weighted by molar-refractivity contribution is -0.810. The van der Waals surface area contributed by atoms with Crippen LogP contribution in [0.2, 0.25) is 0 Å². The van der Waals surface area contributed by atoms with Crippen molar-refractivity contribution in [3.63, 3.8) is 0 Å². The quantitative estimate of drug-likeness (QED) is 0.297. The lowest BCUT2D eigenvalue weighted by Gasteiger charge is -2.23. The molecule has 0 aliphatic carbocycles. The molecule has 126 valence electrons. The molecule has 0 radical (unpaired) electrons. The first-order chi connectivity index (χ1) is 10.4. The standard InChI is InChI=1S/C8H13N3O9S2/c12-9(13)18-5-8(20-11(16)17)7(19-10(14)15)2-1-6-3-4-21-22-6/h6-8H,1-5H2. The minimum Gasteiger partial charge on any atom is -0.311 e. The maximum absolute atomic E-state index is 10.5. The third kappa shape index (κ3) is 7.35. The zero-order valence-electron chi connectivity index (χ0n) is 11.1. The Hall–Kier alpha value is -1.70. The zero-order valence-corrected chi connectivity index (χ0v) is 12.7. The molecule has 22 heavy (non-hydrogen) atoms. The summed E-state index contributed by atoms with van der Waals surface area (Å²) in [6, 6.07) is 0. The van der Waals surface area contributed by atoms with Crippen molar-refractivity contribution in [2.75, 3.05) is 12.4 Å². The molecular weight excluding hydrogens is 346 g/mol. The Kier molecular flexibility index (Phi) is 7.79. The Morgan fingerprint density at radius 3 is 2.18 bits per heavy atom. The Morgan fingerprint density at radius 1 is 1.05 bits per heavy atom. The molecule has 1 aliphatic heterocycles. The summed E-state index contributed by atoms with van der Waals surface area (Å²) in [5, 5.41) is 27.9. The number of nitrogens with zero attached hydrogens (tertiary/aromatic N) is 3. The smallest absolute Gasteiger partial charge is 0.294 e. The van der Waals surface area contributed by atoms with Gasteiger partial charge in [-0.05, 0) is 19.3 Å². The van der Waals surface area contributed by atoms with E-state index in [0.717, 1.165) is 12.2 Å². The molecule has 0 aromatic heterocycles. The molecule has 3 unspecified atom stereocenters. The van der Waals surface area contributed by atoms with Gasteiger partial charge in [0.25, 0.3) is 15.3 Å². The first kappa shape index (κ1) is 18.3. The molecule has 0 spiro atoms. The largest absolute Gasteiger partial charge is 0.311 e. The highest BCUT2D eigenvalue weighted by Gasteiger charge is 2.31. The molecule has 1 fully saturated rings. The van der Waals surface area contributed by atoms with Crippen LogP contribution in [0.1, 0.15) is 19.3 Å². The van der Waals surface area contributed by atoms with Gasteiger partial charge in [0.2, 0.25) is 0 Å². The molecular formula is C8H13N3O9S2. The maximum atomic E-state index is 10.5. The van der Waals surface area contributed by atoms with Crippen LogP contribution in [-0.2, 0) is 14.5 Å². The van der Waals surface area contributed by atoms with Crippen molar-refractivity contribution in [2.45, 2.75) is 36.7 Å². The fraction of sp³-hybridized carbons (Fsp3) is 1.00. The van der Waals surface area contributed by atoms with E-state index in [1.807, 2.05) is 0 Å². The molecule has 1 aliphatic rings. The summed E-state index contributed by atoms with van der Waals surface area (Å²) < 4.78 is 0. The van der Waals surface area contributed by atoms with Crippen LogP contribution in [-0.4, -0.2) is 45.1 Å². The minimum absolute atomic E-state index is 0.0821. The first-order valence-corrected chi connectivity index (χ1v) is 8.44. The van der Waals surface area contributed by atoms with E-state index in [9.17, 15) is 30.3 Å². The van der Waals surface area contributed by atoms with Crippen molar-refractivity contribution in [1.82, 2.24) is 0 Å². The Balaban J connectivity index is 2.65. The molecule has 12 nitrogen and oxygen atoms in total. The average Bonchev–Trinajstić information content (AvgIpc) is 2.91. The van der Waals surface area contributed by atoms with Crippen molar-refractivity contribution in [2.24, 2.45) is 0 Å². The molecule has 1 rings (SSSR count). The second kappa shape index (κ2) is 9.34. The number of rotatable bonds is 11. The third-order valence-electron chi connectivity index (χ3n) is 2.70. The molecule has 0 saturated carbocycles. The van der Waals surface area contributed by atoms with E-state index in [-0.39, 0.29) is 11.7 Å². The van der Waals surface area contributed by atoms with Crippen molar-refractivity contribution >= 4 is 21.6 Å². The Bertz CT molecular complexity index is 406. The van der Waals surface area contributed by atoms with Gasteiger partial charge in [-0.25, -0.2) is 0 Å². The normalized spacial score (nSPS) is 19.9. The van der Waals surface area contributed by atoms with E-state index < -0.39 is 34.1 Å². The van der Waals surface area contributed by atoms with E-state index in [1.54, 1.807) is 21.6 Å². The molecule has 1 saturated heterocycles. The molecule has 0 aromatic rings. The highest BCUT2D eigenvalue weighted by atomic mass is 33.1. The van der Waals surface area contributed by atoms with Crippen LogP contribution in [0, 0.1) is 30.3 Å². The molecule has 1 heterocycles. The zero-order chi connectivity index (χ0) is 16.5. The molecule has 0 amide bonds. The van der Waals surface area contributed by atoms with Crippen LogP contribution in [0.4, 0.5) is 0 Å². The summed E-state index contributed by atoms with van der Waals surface area (Å²) in [5.41, 5.74) is 0. The van der Waals surface area contributed by atoms with Crippen LogP contribution >= 0.6 is 21.6 Å². The predicted molar refractivity (Wildman–Crippen MR) is 74.4 cm³/mol. The fourth-order valence-electron chi connectivity index (χ4n) is 1.78. The van der Waals surface area contributed by atoms with Crippen molar-refractivity contribution < 1.29 is 29.8 Å². The van der Waals surface area contributed by atoms with Gasteiger partial charge >= 0.3 is 0 Å². The summed E-state index contributed by atoms with van der Waals surface area (Å²) in [5.74, 6) is 0.954. The summed E-state index contributed by atoms with van der Waals surface area (Å²) in [4.78, 5) is 43.7. The average molecular weight is 359 g/mol. The van der Waals surface area contributed by atoms with Gasteiger partial charge in [0.05, 0.1) is 0 Å². The molecule has 0 N–H and O–H groups in total. The van der Waals surface area contributed by atoms with E-state index >= 15 is 0 Å². The summed E-state index contributed by atoms with van der Waals surface area (Å²) >= 11 is 0. The monoisotopic (exact) mass is 359 g/mol. The van der Waals surface area contributed by atoms with E-state index in [4.69, 9.17) is 0 Å². The lowest BCUT2D eigenvalue weighted by atomic mass is 10.1. The van der Waals surface area contributed by atoms with E-state index in [0.29, 0.717) is 6.42 Å². The van der Waals surface area contributed by atoms with Crippen LogP contribution in [0.5, 0.6) is 0 Å². The van der Waals surface area contributed by atoms with Gasteiger partial charge < -0.3 is 14.5 Å². The highest BCUT2D eigenvalue weighted by molar-refractivity contribution is 8.77. The summed E-state index contributed by atoms with van der Waals surface area (Å²) in [6.07, 6.45) is -1.39. The van der Waals surface area contributed by atoms with Gasteiger partial charge in [-0.15, -0.1) is 30.3 Å². The van der Waals surface area contributed by atoms with Gasteiger partial charge in [0.15, 0.2) is 6.10 Å². The van der Waals surface area contributed by atoms with Gasteiger partial charge in [-0.2, -0.15) is 0 Å². The van der Waals surface area contributed by atoms with Crippen molar-refractivity contribution in [3.8, 4) is 0 Å². The Morgan fingerprint density at radius 2 is 1.68 bits per heavy atom.